The Balaban J connectivity index is 3.10. The Kier molecular flexibility index (Phi) is 2.41. The summed E-state index contributed by atoms with van der Waals surface area (Å²) in [5.74, 6) is -0.155. The summed E-state index contributed by atoms with van der Waals surface area (Å²) in [6.45, 7) is 3.51. The van der Waals surface area contributed by atoms with E-state index in [9.17, 15) is 9.90 Å². The van der Waals surface area contributed by atoms with Crippen LogP contribution in [0, 0.1) is 13.8 Å². The van der Waals surface area contributed by atoms with E-state index in [-0.39, 0.29) is 11.5 Å². The fraction of sp³-hybridized carbons (Fsp3) is 0.222. The molecule has 0 atom stereocenters. The molecule has 4 heteroatoms. The molecule has 13 heavy (non-hydrogen) atoms. The molecule has 0 saturated heterocycles. The first-order valence-corrected chi connectivity index (χ1v) is 3.72. The highest BCUT2D eigenvalue weighted by Crippen LogP contribution is 2.31. The summed E-state index contributed by atoms with van der Waals surface area (Å²) in [6.07, 6.45) is -1.43. The molecule has 0 radical (unpaired) electrons. The normalized spacial score (nSPS) is 9.69. The van der Waals surface area contributed by atoms with Crippen LogP contribution >= 0.6 is 0 Å². The van der Waals surface area contributed by atoms with Crippen LogP contribution < -0.4 is 4.74 Å². The lowest BCUT2D eigenvalue weighted by Gasteiger charge is -2.07. The molecule has 0 unspecified atom stereocenters. The zero-order valence-corrected chi connectivity index (χ0v) is 7.37. The maximum absolute atomic E-state index is 10.2. The van der Waals surface area contributed by atoms with Gasteiger partial charge in [0.15, 0.2) is 11.5 Å². The smallest absolute Gasteiger partial charge is 0.504 e. The summed E-state index contributed by atoms with van der Waals surface area (Å²) in [6, 6.07) is 3.11. The van der Waals surface area contributed by atoms with Gasteiger partial charge in [0.1, 0.15) is 0 Å². The van der Waals surface area contributed by atoms with Gasteiger partial charge in [0.2, 0.25) is 0 Å². The van der Waals surface area contributed by atoms with Crippen LogP contribution in [0.25, 0.3) is 0 Å². The maximum atomic E-state index is 10.2. The second kappa shape index (κ2) is 3.35. The minimum Gasteiger partial charge on any atom is -0.504 e. The third-order valence-corrected chi connectivity index (χ3v) is 1.86. The molecule has 4 nitrogen and oxygen atoms in total. The number of rotatable bonds is 1. The Morgan fingerprint density at radius 3 is 2.54 bits per heavy atom. The van der Waals surface area contributed by atoms with Crippen molar-refractivity contribution in [1.82, 2.24) is 0 Å². The van der Waals surface area contributed by atoms with E-state index in [4.69, 9.17) is 5.11 Å². The third kappa shape index (κ3) is 1.90. The Hall–Kier alpha value is -1.71. The van der Waals surface area contributed by atoms with Gasteiger partial charge < -0.3 is 14.9 Å². The summed E-state index contributed by atoms with van der Waals surface area (Å²) in [4.78, 5) is 10.2. The van der Waals surface area contributed by atoms with Crippen LogP contribution in [-0.4, -0.2) is 16.4 Å². The molecule has 0 aliphatic rings. The summed E-state index contributed by atoms with van der Waals surface area (Å²) in [5, 5.41) is 17.8. The van der Waals surface area contributed by atoms with Crippen molar-refractivity contribution < 1.29 is 19.7 Å². The number of hydrogen-bond donors (Lipinski definition) is 2. The van der Waals surface area contributed by atoms with E-state index in [1.807, 2.05) is 6.92 Å². The molecule has 1 aromatic rings. The largest absolute Gasteiger partial charge is 0.511 e. The summed E-state index contributed by atoms with van der Waals surface area (Å²) < 4.78 is 4.35. The summed E-state index contributed by atoms with van der Waals surface area (Å²) in [5.41, 5.74) is 1.51. The lowest BCUT2D eigenvalue weighted by Crippen LogP contribution is -2.03. The molecule has 2 N–H and O–H groups in total. The first-order chi connectivity index (χ1) is 6.02. The van der Waals surface area contributed by atoms with Gasteiger partial charge in [-0.2, -0.15) is 0 Å². The van der Waals surface area contributed by atoms with Gasteiger partial charge in [-0.15, -0.1) is 0 Å². The average molecular weight is 182 g/mol. The molecule has 0 aromatic heterocycles. The van der Waals surface area contributed by atoms with E-state index >= 15 is 0 Å². The summed E-state index contributed by atoms with van der Waals surface area (Å²) in [7, 11) is 0. The standard InChI is InChI=1S/C9H10O4/c1-5-3-4-7(13-9(11)12)8(10)6(5)2/h3-4,10H,1-2H3,(H,11,12). The Morgan fingerprint density at radius 1 is 1.38 bits per heavy atom. The first kappa shape index (κ1) is 9.38. The molecule has 1 rings (SSSR count). The molecule has 0 aliphatic carbocycles. The predicted octanol–water partition coefficient (Wildman–Crippen LogP) is 2.07. The van der Waals surface area contributed by atoms with E-state index in [1.54, 1.807) is 13.0 Å². The maximum Gasteiger partial charge on any atom is 0.511 e. The molecule has 0 aliphatic heterocycles. The predicted molar refractivity (Wildman–Crippen MR) is 46.2 cm³/mol. The number of phenolic OH excluding ortho intramolecular Hbond substituents is 1. The van der Waals surface area contributed by atoms with Crippen molar-refractivity contribution in [2.24, 2.45) is 0 Å². The Morgan fingerprint density at radius 2 is 2.00 bits per heavy atom. The van der Waals surface area contributed by atoms with Gasteiger partial charge in [0, 0.05) is 0 Å². The van der Waals surface area contributed by atoms with E-state index in [1.165, 1.54) is 6.07 Å². The van der Waals surface area contributed by atoms with E-state index < -0.39 is 6.16 Å². The minimum absolute atomic E-state index is 0.0319. The highest BCUT2D eigenvalue weighted by molar-refractivity contribution is 5.64. The van der Waals surface area contributed by atoms with Crippen LogP contribution in [0.3, 0.4) is 0 Å². The molecular weight excluding hydrogens is 172 g/mol. The molecule has 0 bridgehead atoms. The first-order valence-electron chi connectivity index (χ1n) is 3.72. The van der Waals surface area contributed by atoms with Gasteiger partial charge in [-0.05, 0) is 31.0 Å². The van der Waals surface area contributed by atoms with E-state index in [0.717, 1.165) is 5.56 Å². The highest BCUT2D eigenvalue weighted by atomic mass is 16.7. The quantitative estimate of drug-likeness (QED) is 0.515. The number of aromatic hydroxyl groups is 1. The zero-order valence-electron chi connectivity index (χ0n) is 7.37. The molecule has 70 valence electrons. The van der Waals surface area contributed by atoms with Crippen LogP contribution in [0.15, 0.2) is 12.1 Å². The van der Waals surface area contributed by atoms with Crippen LogP contribution in [0.1, 0.15) is 11.1 Å². The molecular formula is C9H10O4. The molecule has 0 saturated carbocycles. The van der Waals surface area contributed by atoms with Crippen molar-refractivity contribution in [3.05, 3.63) is 23.3 Å². The van der Waals surface area contributed by atoms with Crippen LogP contribution in [0.5, 0.6) is 11.5 Å². The number of ether oxygens (including phenoxy) is 1. The number of aryl methyl sites for hydroxylation is 1. The molecule has 0 heterocycles. The number of phenols is 1. The highest BCUT2D eigenvalue weighted by Gasteiger charge is 2.10. The molecule has 0 fully saturated rings. The molecule has 0 spiro atoms. The average Bonchev–Trinajstić information content (AvgIpc) is 2.06. The topological polar surface area (TPSA) is 66.8 Å². The van der Waals surface area contributed by atoms with Crippen LogP contribution in [0.2, 0.25) is 0 Å². The van der Waals surface area contributed by atoms with Gasteiger partial charge >= 0.3 is 6.16 Å². The number of carbonyl (C=O) groups is 1. The Labute approximate surface area is 75.4 Å². The fourth-order valence-electron chi connectivity index (χ4n) is 0.953. The van der Waals surface area contributed by atoms with Gasteiger partial charge in [-0.3, -0.25) is 0 Å². The van der Waals surface area contributed by atoms with Crippen molar-refractivity contribution >= 4 is 6.16 Å². The minimum atomic E-state index is -1.43. The second-order valence-corrected chi connectivity index (χ2v) is 2.72. The second-order valence-electron chi connectivity index (χ2n) is 2.72. The fourth-order valence-corrected chi connectivity index (χ4v) is 0.953. The van der Waals surface area contributed by atoms with Crippen molar-refractivity contribution in [2.45, 2.75) is 13.8 Å². The van der Waals surface area contributed by atoms with Gasteiger partial charge in [-0.1, -0.05) is 6.07 Å². The monoisotopic (exact) mass is 182 g/mol. The summed E-state index contributed by atoms with van der Waals surface area (Å²) >= 11 is 0. The van der Waals surface area contributed by atoms with Crippen molar-refractivity contribution in [3.8, 4) is 11.5 Å². The van der Waals surface area contributed by atoms with E-state index in [0.29, 0.717) is 5.56 Å². The van der Waals surface area contributed by atoms with E-state index in [2.05, 4.69) is 4.74 Å². The molecule has 0 amide bonds. The zero-order chi connectivity index (χ0) is 10.0. The van der Waals surface area contributed by atoms with Gasteiger partial charge in [0.25, 0.3) is 0 Å². The van der Waals surface area contributed by atoms with Gasteiger partial charge in [0.05, 0.1) is 0 Å². The Bertz CT molecular complexity index is 344. The number of benzene rings is 1. The van der Waals surface area contributed by atoms with Gasteiger partial charge in [-0.25, -0.2) is 4.79 Å². The lowest BCUT2D eigenvalue weighted by atomic mass is 10.1. The number of carboxylic acid groups (broad SMARTS) is 1. The lowest BCUT2D eigenvalue weighted by molar-refractivity contribution is 0.143. The van der Waals surface area contributed by atoms with Crippen LogP contribution in [-0.2, 0) is 0 Å². The van der Waals surface area contributed by atoms with Crippen molar-refractivity contribution in [3.63, 3.8) is 0 Å². The number of hydrogen-bond acceptors (Lipinski definition) is 3. The third-order valence-electron chi connectivity index (χ3n) is 1.86. The van der Waals surface area contributed by atoms with Crippen molar-refractivity contribution in [1.29, 1.82) is 0 Å². The van der Waals surface area contributed by atoms with Crippen LogP contribution in [0.4, 0.5) is 4.79 Å². The van der Waals surface area contributed by atoms with Crippen molar-refractivity contribution in [2.75, 3.05) is 0 Å². The molecule has 1 aromatic carbocycles. The SMILES string of the molecule is Cc1ccc(OC(=O)O)c(O)c1C.